The van der Waals surface area contributed by atoms with Crippen LogP contribution in [0.4, 0.5) is 4.39 Å². The molecule has 1 aromatic carbocycles. The van der Waals surface area contributed by atoms with Crippen molar-refractivity contribution >= 4 is 5.78 Å². The molecular formula is C13H15FO. The van der Waals surface area contributed by atoms with Gasteiger partial charge in [-0.05, 0) is 49.4 Å². The van der Waals surface area contributed by atoms with Gasteiger partial charge >= 0.3 is 0 Å². The van der Waals surface area contributed by atoms with E-state index in [0.29, 0.717) is 18.1 Å². The first-order valence-electron chi connectivity index (χ1n) is 5.44. The molecule has 1 nitrogen and oxygen atoms in total. The molecule has 1 aliphatic rings. The molecule has 15 heavy (non-hydrogen) atoms. The van der Waals surface area contributed by atoms with Crippen LogP contribution in [0, 0.1) is 18.7 Å². The smallest absolute Gasteiger partial charge is 0.136 e. The predicted molar refractivity (Wildman–Crippen MR) is 57.2 cm³/mol. The summed E-state index contributed by atoms with van der Waals surface area (Å²) in [5, 5.41) is 0. The average Bonchev–Trinajstić information content (AvgIpc) is 2.99. The molecule has 0 bridgehead atoms. The largest absolute Gasteiger partial charge is 0.299 e. The number of Topliss-reactive ketones (excluding diaryl/α,β-unsaturated/α-hetero) is 1. The highest BCUT2D eigenvalue weighted by Gasteiger charge is 2.28. The highest BCUT2D eigenvalue weighted by molar-refractivity contribution is 5.83. The van der Waals surface area contributed by atoms with Gasteiger partial charge in [-0.1, -0.05) is 6.07 Å². The van der Waals surface area contributed by atoms with Gasteiger partial charge in [0.05, 0.1) is 0 Å². The molecule has 0 radical (unpaired) electrons. The van der Waals surface area contributed by atoms with Gasteiger partial charge in [-0.2, -0.15) is 0 Å². The van der Waals surface area contributed by atoms with Crippen molar-refractivity contribution in [1.82, 2.24) is 0 Å². The molecule has 0 aliphatic heterocycles. The maximum Gasteiger partial charge on any atom is 0.136 e. The molecule has 0 N–H and O–H groups in total. The fraction of sp³-hybridized carbons (Fsp3) is 0.462. The van der Waals surface area contributed by atoms with Crippen molar-refractivity contribution < 1.29 is 9.18 Å². The number of carbonyl (C=O) groups excluding carboxylic acids is 1. The van der Waals surface area contributed by atoms with Crippen molar-refractivity contribution in [1.29, 1.82) is 0 Å². The molecule has 0 aromatic heterocycles. The summed E-state index contributed by atoms with van der Waals surface area (Å²) in [6.07, 6.45) is 3.50. The molecule has 1 saturated carbocycles. The lowest BCUT2D eigenvalue weighted by atomic mass is 10.0. The molecule has 0 heterocycles. The number of carbonyl (C=O) groups is 1. The first kappa shape index (κ1) is 10.3. The molecule has 0 unspecified atom stereocenters. The van der Waals surface area contributed by atoms with Crippen molar-refractivity contribution in [2.45, 2.75) is 32.6 Å². The van der Waals surface area contributed by atoms with Crippen molar-refractivity contribution in [3.05, 3.63) is 35.1 Å². The lowest BCUT2D eigenvalue weighted by molar-refractivity contribution is -0.120. The third-order valence-corrected chi connectivity index (χ3v) is 2.98. The van der Waals surface area contributed by atoms with E-state index < -0.39 is 0 Å². The lowest BCUT2D eigenvalue weighted by Crippen LogP contribution is -2.03. The highest BCUT2D eigenvalue weighted by atomic mass is 19.1. The highest BCUT2D eigenvalue weighted by Crippen LogP contribution is 2.31. The van der Waals surface area contributed by atoms with E-state index in [0.717, 1.165) is 30.4 Å². The minimum Gasteiger partial charge on any atom is -0.299 e. The zero-order chi connectivity index (χ0) is 10.8. The molecule has 0 amide bonds. The quantitative estimate of drug-likeness (QED) is 0.740. The first-order chi connectivity index (χ1) is 7.16. The monoisotopic (exact) mass is 206 g/mol. The van der Waals surface area contributed by atoms with E-state index in [9.17, 15) is 9.18 Å². The van der Waals surface area contributed by atoms with Crippen LogP contribution >= 0.6 is 0 Å². The second-order valence-electron chi connectivity index (χ2n) is 4.31. The Labute approximate surface area is 89.3 Å². The van der Waals surface area contributed by atoms with Crippen LogP contribution in [-0.2, 0) is 11.2 Å². The summed E-state index contributed by atoms with van der Waals surface area (Å²) in [5.41, 5.74) is 2.03. The van der Waals surface area contributed by atoms with Crippen LogP contribution in [0.2, 0.25) is 0 Å². The van der Waals surface area contributed by atoms with Crippen molar-refractivity contribution in [2.75, 3.05) is 0 Å². The summed E-state index contributed by atoms with van der Waals surface area (Å²) in [4.78, 5) is 11.5. The van der Waals surface area contributed by atoms with E-state index in [1.165, 1.54) is 12.1 Å². The molecule has 1 aromatic rings. The molecule has 0 atom stereocenters. The van der Waals surface area contributed by atoms with Gasteiger partial charge in [-0.25, -0.2) is 4.39 Å². The molecule has 0 spiro atoms. The maximum atomic E-state index is 12.8. The van der Waals surface area contributed by atoms with Crippen LogP contribution in [0.15, 0.2) is 18.2 Å². The zero-order valence-electron chi connectivity index (χ0n) is 8.92. The molecule has 1 fully saturated rings. The Morgan fingerprint density at radius 1 is 1.47 bits per heavy atom. The summed E-state index contributed by atoms with van der Waals surface area (Å²) < 4.78 is 12.8. The van der Waals surface area contributed by atoms with Gasteiger partial charge in [0.15, 0.2) is 0 Å². The van der Waals surface area contributed by atoms with E-state index in [1.54, 1.807) is 6.07 Å². The molecule has 1 aliphatic carbocycles. The zero-order valence-corrected chi connectivity index (χ0v) is 8.92. The second-order valence-corrected chi connectivity index (χ2v) is 4.31. The summed E-state index contributed by atoms with van der Waals surface area (Å²) >= 11 is 0. The molecule has 2 heteroatoms. The fourth-order valence-corrected chi connectivity index (χ4v) is 1.81. The van der Waals surface area contributed by atoms with Crippen LogP contribution in [0.3, 0.4) is 0 Å². The van der Waals surface area contributed by atoms with Gasteiger partial charge in [-0.3, -0.25) is 4.79 Å². The number of hydrogen-bond donors (Lipinski definition) is 0. The average molecular weight is 206 g/mol. The third kappa shape index (κ3) is 2.65. The van der Waals surface area contributed by atoms with E-state index in [2.05, 4.69) is 0 Å². The first-order valence-corrected chi connectivity index (χ1v) is 5.44. The number of halogens is 1. The van der Waals surface area contributed by atoms with Gasteiger partial charge in [-0.15, -0.1) is 0 Å². The molecular weight excluding hydrogens is 191 g/mol. The van der Waals surface area contributed by atoms with Gasteiger partial charge in [0.1, 0.15) is 11.6 Å². The van der Waals surface area contributed by atoms with Crippen LogP contribution in [-0.4, -0.2) is 5.78 Å². The van der Waals surface area contributed by atoms with Crippen LogP contribution in [0.5, 0.6) is 0 Å². The topological polar surface area (TPSA) is 17.1 Å². The minimum absolute atomic E-state index is 0.204. The molecule has 80 valence electrons. The van der Waals surface area contributed by atoms with Crippen molar-refractivity contribution in [2.24, 2.45) is 5.92 Å². The molecule has 2 rings (SSSR count). The van der Waals surface area contributed by atoms with Crippen LogP contribution < -0.4 is 0 Å². The summed E-state index contributed by atoms with van der Waals surface area (Å²) in [6, 6.07) is 4.77. The minimum atomic E-state index is -0.204. The standard InChI is InChI=1S/C13H15FO/c1-9-8-12(14)6-4-10(9)5-7-13(15)11-2-3-11/h4,6,8,11H,2-3,5,7H2,1H3. The number of ketones is 1. The van der Waals surface area contributed by atoms with E-state index in [4.69, 9.17) is 0 Å². The normalized spacial score (nSPS) is 15.3. The third-order valence-electron chi connectivity index (χ3n) is 2.98. The summed E-state index contributed by atoms with van der Waals surface area (Å²) in [5.74, 6) is 0.509. The maximum absolute atomic E-state index is 12.8. The van der Waals surface area contributed by atoms with Crippen LogP contribution in [0.1, 0.15) is 30.4 Å². The Morgan fingerprint density at radius 3 is 2.80 bits per heavy atom. The predicted octanol–water partition coefficient (Wildman–Crippen LogP) is 3.05. The SMILES string of the molecule is Cc1cc(F)ccc1CCC(=O)C1CC1. The van der Waals surface area contributed by atoms with Gasteiger partial charge in [0, 0.05) is 12.3 Å². The Hall–Kier alpha value is -1.18. The number of benzene rings is 1. The summed E-state index contributed by atoms with van der Waals surface area (Å²) in [6.45, 7) is 1.89. The van der Waals surface area contributed by atoms with E-state index in [1.807, 2.05) is 6.92 Å². The summed E-state index contributed by atoms with van der Waals surface area (Å²) in [7, 11) is 0. The Bertz CT molecular complexity index is 380. The van der Waals surface area contributed by atoms with Crippen LogP contribution in [0.25, 0.3) is 0 Å². The Kier molecular flexibility index (Phi) is 2.85. The van der Waals surface area contributed by atoms with Crippen molar-refractivity contribution in [3.8, 4) is 0 Å². The van der Waals surface area contributed by atoms with Gasteiger partial charge in [0.25, 0.3) is 0 Å². The Balaban J connectivity index is 1.95. The van der Waals surface area contributed by atoms with Gasteiger partial charge in [0.2, 0.25) is 0 Å². The molecule has 0 saturated heterocycles. The Morgan fingerprint density at radius 2 is 2.20 bits per heavy atom. The lowest BCUT2D eigenvalue weighted by Gasteiger charge is -2.04. The number of aryl methyl sites for hydroxylation is 2. The fourth-order valence-electron chi connectivity index (χ4n) is 1.81. The van der Waals surface area contributed by atoms with E-state index in [-0.39, 0.29) is 5.82 Å². The number of rotatable bonds is 4. The van der Waals surface area contributed by atoms with Crippen molar-refractivity contribution in [3.63, 3.8) is 0 Å². The number of hydrogen-bond acceptors (Lipinski definition) is 1. The van der Waals surface area contributed by atoms with Gasteiger partial charge < -0.3 is 0 Å². The second kappa shape index (κ2) is 4.13. The van der Waals surface area contributed by atoms with E-state index >= 15 is 0 Å².